The summed E-state index contributed by atoms with van der Waals surface area (Å²) in [5.74, 6) is 0.385. The molecule has 1 aromatic carbocycles. The number of H-pyrrole nitrogens is 1. The van der Waals surface area contributed by atoms with Gasteiger partial charge in [-0.1, -0.05) is 19.4 Å². The van der Waals surface area contributed by atoms with Gasteiger partial charge in [0.25, 0.3) is 0 Å². The monoisotopic (exact) mass is 189 g/mol. The summed E-state index contributed by atoms with van der Waals surface area (Å²) in [7, 11) is 0. The summed E-state index contributed by atoms with van der Waals surface area (Å²) in [5, 5.41) is 10.8. The van der Waals surface area contributed by atoms with Gasteiger partial charge in [-0.25, -0.2) is 0 Å². The molecule has 2 aromatic rings. The number of fused-ring (bicyclic) bond motifs is 1. The van der Waals surface area contributed by atoms with Crippen LogP contribution in [-0.2, 0) is 6.42 Å². The van der Waals surface area contributed by atoms with Crippen molar-refractivity contribution in [2.75, 3.05) is 0 Å². The number of aromatic amines is 1. The molecular formula is C12H15NO. The fourth-order valence-electron chi connectivity index (χ4n) is 1.99. The van der Waals surface area contributed by atoms with Crippen LogP contribution in [0.2, 0.25) is 0 Å². The van der Waals surface area contributed by atoms with Crippen molar-refractivity contribution in [2.24, 2.45) is 0 Å². The van der Waals surface area contributed by atoms with Crippen LogP contribution >= 0.6 is 0 Å². The molecule has 1 heterocycles. The van der Waals surface area contributed by atoms with Crippen LogP contribution in [0, 0.1) is 6.92 Å². The first-order chi connectivity index (χ1) is 6.74. The van der Waals surface area contributed by atoms with Crippen LogP contribution in [0.3, 0.4) is 0 Å². The molecule has 74 valence electrons. The number of phenolic OH excluding ortho intramolecular Hbond substituents is 1. The van der Waals surface area contributed by atoms with Crippen molar-refractivity contribution in [3.63, 3.8) is 0 Å². The van der Waals surface area contributed by atoms with Gasteiger partial charge in [0.15, 0.2) is 0 Å². The standard InChI is InChI=1S/C12H15NO/c1-3-5-9-8(2)13-10-6-4-7-11(14)12(9)10/h4,6-7,13-14H,3,5H2,1-2H3. The highest BCUT2D eigenvalue weighted by Gasteiger charge is 2.10. The van der Waals surface area contributed by atoms with E-state index in [0.29, 0.717) is 5.75 Å². The minimum absolute atomic E-state index is 0.385. The van der Waals surface area contributed by atoms with Crippen LogP contribution in [0.1, 0.15) is 24.6 Å². The maximum Gasteiger partial charge on any atom is 0.125 e. The summed E-state index contributed by atoms with van der Waals surface area (Å²) in [6, 6.07) is 5.61. The van der Waals surface area contributed by atoms with E-state index in [2.05, 4.69) is 18.8 Å². The summed E-state index contributed by atoms with van der Waals surface area (Å²) >= 11 is 0. The van der Waals surface area contributed by atoms with Gasteiger partial charge in [-0.15, -0.1) is 0 Å². The van der Waals surface area contributed by atoms with Crippen molar-refractivity contribution in [3.8, 4) is 5.75 Å². The van der Waals surface area contributed by atoms with Gasteiger partial charge in [0.2, 0.25) is 0 Å². The quantitative estimate of drug-likeness (QED) is 0.748. The van der Waals surface area contributed by atoms with Crippen LogP contribution in [0.25, 0.3) is 10.9 Å². The lowest BCUT2D eigenvalue weighted by atomic mass is 10.1. The largest absolute Gasteiger partial charge is 0.507 e. The van der Waals surface area contributed by atoms with Crippen molar-refractivity contribution in [2.45, 2.75) is 26.7 Å². The Balaban J connectivity index is 2.73. The Bertz CT molecular complexity index is 457. The van der Waals surface area contributed by atoms with E-state index in [-0.39, 0.29) is 0 Å². The molecule has 0 fully saturated rings. The SMILES string of the molecule is CCCc1c(C)[nH]c2cccc(O)c12. The summed E-state index contributed by atoms with van der Waals surface area (Å²) in [6.07, 6.45) is 2.12. The average molecular weight is 189 g/mol. The molecule has 2 heteroatoms. The molecule has 2 nitrogen and oxygen atoms in total. The van der Waals surface area contributed by atoms with Gasteiger partial charge < -0.3 is 10.1 Å². The van der Waals surface area contributed by atoms with E-state index in [4.69, 9.17) is 0 Å². The molecule has 0 aliphatic rings. The second kappa shape index (κ2) is 3.37. The molecule has 0 saturated heterocycles. The highest BCUT2D eigenvalue weighted by atomic mass is 16.3. The molecule has 0 atom stereocenters. The Labute approximate surface area is 83.6 Å². The number of aryl methyl sites for hydroxylation is 2. The lowest BCUT2D eigenvalue weighted by Gasteiger charge is -1.99. The predicted molar refractivity (Wildman–Crippen MR) is 58.7 cm³/mol. The molecule has 0 radical (unpaired) electrons. The third kappa shape index (κ3) is 1.27. The summed E-state index contributed by atoms with van der Waals surface area (Å²) in [6.45, 7) is 4.21. The smallest absolute Gasteiger partial charge is 0.125 e. The second-order valence-corrected chi connectivity index (χ2v) is 3.68. The first-order valence-corrected chi connectivity index (χ1v) is 5.03. The van der Waals surface area contributed by atoms with Crippen LogP contribution in [-0.4, -0.2) is 10.1 Å². The van der Waals surface area contributed by atoms with Gasteiger partial charge in [-0.05, 0) is 31.0 Å². The van der Waals surface area contributed by atoms with Crippen LogP contribution in [0.5, 0.6) is 5.75 Å². The molecule has 0 spiro atoms. The summed E-state index contributed by atoms with van der Waals surface area (Å²) in [5.41, 5.74) is 3.45. The molecule has 2 N–H and O–H groups in total. The number of phenols is 1. The molecule has 14 heavy (non-hydrogen) atoms. The van der Waals surface area contributed by atoms with Crippen LogP contribution < -0.4 is 0 Å². The molecule has 0 aliphatic heterocycles. The normalized spacial score (nSPS) is 11.0. The highest BCUT2D eigenvalue weighted by Crippen LogP contribution is 2.30. The van der Waals surface area contributed by atoms with Gasteiger partial charge in [0.05, 0.1) is 0 Å². The highest BCUT2D eigenvalue weighted by molar-refractivity contribution is 5.90. The maximum atomic E-state index is 9.77. The van der Waals surface area contributed by atoms with Crippen molar-refractivity contribution >= 4 is 10.9 Å². The number of nitrogens with one attached hydrogen (secondary N) is 1. The Morgan fingerprint density at radius 1 is 1.36 bits per heavy atom. The molecular weight excluding hydrogens is 174 g/mol. The topological polar surface area (TPSA) is 36.0 Å². The van der Waals surface area contributed by atoms with Crippen molar-refractivity contribution in [3.05, 3.63) is 29.5 Å². The Morgan fingerprint density at radius 3 is 2.86 bits per heavy atom. The maximum absolute atomic E-state index is 9.77. The summed E-state index contributed by atoms with van der Waals surface area (Å²) in [4.78, 5) is 3.29. The Hall–Kier alpha value is -1.44. The van der Waals surface area contributed by atoms with Gasteiger partial charge in [-0.3, -0.25) is 0 Å². The molecule has 1 aromatic heterocycles. The van der Waals surface area contributed by atoms with E-state index in [0.717, 1.165) is 23.7 Å². The van der Waals surface area contributed by atoms with Crippen molar-refractivity contribution in [1.82, 2.24) is 4.98 Å². The molecule has 2 rings (SSSR count). The van der Waals surface area contributed by atoms with E-state index < -0.39 is 0 Å². The van der Waals surface area contributed by atoms with Crippen LogP contribution in [0.4, 0.5) is 0 Å². The first-order valence-electron chi connectivity index (χ1n) is 5.03. The van der Waals surface area contributed by atoms with Gasteiger partial charge in [-0.2, -0.15) is 0 Å². The van der Waals surface area contributed by atoms with Gasteiger partial charge in [0.1, 0.15) is 5.75 Å². The molecule has 0 aliphatic carbocycles. The van der Waals surface area contributed by atoms with Gasteiger partial charge >= 0.3 is 0 Å². The lowest BCUT2D eigenvalue weighted by molar-refractivity contribution is 0.481. The van der Waals surface area contributed by atoms with E-state index in [1.807, 2.05) is 12.1 Å². The zero-order valence-corrected chi connectivity index (χ0v) is 8.59. The molecule has 0 saturated carbocycles. The average Bonchev–Trinajstić information content (AvgIpc) is 2.45. The van der Waals surface area contributed by atoms with E-state index in [9.17, 15) is 5.11 Å². The molecule has 0 amide bonds. The molecule has 0 bridgehead atoms. The van der Waals surface area contributed by atoms with Crippen LogP contribution in [0.15, 0.2) is 18.2 Å². The Morgan fingerprint density at radius 2 is 2.14 bits per heavy atom. The first kappa shape index (κ1) is 9.13. The van der Waals surface area contributed by atoms with E-state index in [1.165, 1.54) is 11.3 Å². The minimum Gasteiger partial charge on any atom is -0.507 e. The third-order valence-corrected chi connectivity index (χ3v) is 2.62. The fourth-order valence-corrected chi connectivity index (χ4v) is 1.99. The van der Waals surface area contributed by atoms with E-state index >= 15 is 0 Å². The Kier molecular flexibility index (Phi) is 2.20. The number of rotatable bonds is 2. The van der Waals surface area contributed by atoms with Crippen molar-refractivity contribution < 1.29 is 5.11 Å². The second-order valence-electron chi connectivity index (χ2n) is 3.68. The number of benzene rings is 1. The van der Waals surface area contributed by atoms with E-state index in [1.54, 1.807) is 6.07 Å². The fraction of sp³-hybridized carbons (Fsp3) is 0.333. The number of hydrogen-bond acceptors (Lipinski definition) is 1. The van der Waals surface area contributed by atoms with Crippen molar-refractivity contribution in [1.29, 1.82) is 0 Å². The number of aromatic hydroxyl groups is 1. The summed E-state index contributed by atoms with van der Waals surface area (Å²) < 4.78 is 0. The zero-order chi connectivity index (χ0) is 10.1. The lowest BCUT2D eigenvalue weighted by Crippen LogP contribution is -1.84. The third-order valence-electron chi connectivity index (χ3n) is 2.62. The number of aromatic nitrogens is 1. The molecule has 0 unspecified atom stereocenters. The zero-order valence-electron chi connectivity index (χ0n) is 8.59. The predicted octanol–water partition coefficient (Wildman–Crippen LogP) is 3.13. The van der Waals surface area contributed by atoms with Gasteiger partial charge in [0, 0.05) is 16.6 Å². The number of hydrogen-bond donors (Lipinski definition) is 2. The minimum atomic E-state index is 0.385.